The summed E-state index contributed by atoms with van der Waals surface area (Å²) in [5, 5.41) is 17.7. The molecule has 0 aliphatic heterocycles. The monoisotopic (exact) mass is 416 g/mol. The molecule has 28 heavy (non-hydrogen) atoms. The zero-order valence-corrected chi connectivity index (χ0v) is 16.2. The molecule has 2 amide bonds. The number of carbonyl (C=O) groups is 3. The Kier molecular flexibility index (Phi) is 4.95. The standard InChI is InChI=1S/C20H17ClN2O4S/c21-12-3-5-13(6-4-12)22-17(24)14-7-8-28-19(14)23-18(25)15-10-1-2-11(9-10)16(15)20(26)27/h1-8,10-11,15-16H,9H2,(H,22,24)(H,23,25)(H,26,27)/t10-,11-,15+,16+/m0/s1. The average molecular weight is 417 g/mol. The van der Waals surface area contributed by atoms with Crippen LogP contribution in [0.25, 0.3) is 0 Å². The molecule has 2 bridgehead atoms. The molecule has 0 radical (unpaired) electrons. The summed E-state index contributed by atoms with van der Waals surface area (Å²) >= 11 is 7.08. The second-order valence-electron chi connectivity index (χ2n) is 6.95. The highest BCUT2D eigenvalue weighted by Gasteiger charge is 2.51. The van der Waals surface area contributed by atoms with Crippen LogP contribution in [0.2, 0.25) is 5.02 Å². The van der Waals surface area contributed by atoms with Crippen LogP contribution in [-0.2, 0) is 9.59 Å². The van der Waals surface area contributed by atoms with E-state index in [1.54, 1.807) is 35.7 Å². The van der Waals surface area contributed by atoms with E-state index in [9.17, 15) is 19.5 Å². The number of carboxylic acids is 1. The fourth-order valence-corrected chi connectivity index (χ4v) is 4.94. The smallest absolute Gasteiger partial charge is 0.307 e. The first-order valence-electron chi connectivity index (χ1n) is 8.80. The first-order valence-corrected chi connectivity index (χ1v) is 10.1. The molecule has 2 aromatic rings. The number of amides is 2. The quantitative estimate of drug-likeness (QED) is 0.639. The maximum atomic E-state index is 12.8. The van der Waals surface area contributed by atoms with Crippen molar-refractivity contribution in [2.24, 2.45) is 23.7 Å². The number of carboxylic acid groups (broad SMARTS) is 1. The lowest BCUT2D eigenvalue weighted by Crippen LogP contribution is -2.36. The molecule has 1 aromatic carbocycles. The number of benzene rings is 1. The zero-order chi connectivity index (χ0) is 19.8. The summed E-state index contributed by atoms with van der Waals surface area (Å²) in [5.74, 6) is -3.19. The molecular formula is C20H17ClN2O4S. The van der Waals surface area contributed by atoms with Crippen molar-refractivity contribution < 1.29 is 19.5 Å². The van der Waals surface area contributed by atoms with Crippen LogP contribution >= 0.6 is 22.9 Å². The SMILES string of the molecule is O=C(Nc1ccc(Cl)cc1)c1ccsc1NC(=O)[C@H]1[C@H](C(=O)O)[C@H]2C=C[C@H]1C2. The minimum atomic E-state index is -0.955. The molecule has 0 unspecified atom stereocenters. The molecule has 0 saturated heterocycles. The van der Waals surface area contributed by atoms with Crippen molar-refractivity contribution in [1.29, 1.82) is 0 Å². The number of thiophene rings is 1. The molecule has 1 fully saturated rings. The Hall–Kier alpha value is -2.64. The fourth-order valence-electron chi connectivity index (χ4n) is 4.03. The van der Waals surface area contributed by atoms with Crippen LogP contribution in [0.5, 0.6) is 0 Å². The number of hydrogen-bond donors (Lipinski definition) is 3. The van der Waals surface area contributed by atoms with Crippen LogP contribution in [-0.4, -0.2) is 22.9 Å². The van der Waals surface area contributed by atoms with Gasteiger partial charge in [0.05, 0.1) is 17.4 Å². The van der Waals surface area contributed by atoms with Crippen LogP contribution < -0.4 is 10.6 Å². The predicted octanol–water partition coefficient (Wildman–Crippen LogP) is 4.12. The van der Waals surface area contributed by atoms with Crippen molar-refractivity contribution in [2.75, 3.05) is 10.6 Å². The van der Waals surface area contributed by atoms with Crippen molar-refractivity contribution in [3.05, 3.63) is 58.5 Å². The number of allylic oxidation sites excluding steroid dienone is 2. The van der Waals surface area contributed by atoms with Crippen LogP contribution in [0.1, 0.15) is 16.8 Å². The molecule has 0 spiro atoms. The lowest BCUT2D eigenvalue weighted by molar-refractivity contribution is -0.146. The molecule has 144 valence electrons. The fraction of sp³-hybridized carbons (Fsp3) is 0.250. The molecule has 6 nitrogen and oxygen atoms in total. The number of hydrogen-bond acceptors (Lipinski definition) is 4. The van der Waals surface area contributed by atoms with Crippen molar-refractivity contribution >= 4 is 51.4 Å². The number of carbonyl (C=O) groups excluding carboxylic acids is 2. The molecule has 1 aromatic heterocycles. The van der Waals surface area contributed by atoms with Gasteiger partial charge in [-0.3, -0.25) is 14.4 Å². The van der Waals surface area contributed by atoms with Gasteiger partial charge in [0.1, 0.15) is 5.00 Å². The summed E-state index contributed by atoms with van der Waals surface area (Å²) in [6.45, 7) is 0. The van der Waals surface area contributed by atoms with Crippen molar-refractivity contribution in [3.8, 4) is 0 Å². The third-order valence-corrected chi connectivity index (χ3v) is 6.38. The lowest BCUT2D eigenvalue weighted by Gasteiger charge is -2.23. The molecule has 8 heteroatoms. The largest absolute Gasteiger partial charge is 0.481 e. The number of rotatable bonds is 5. The third-order valence-electron chi connectivity index (χ3n) is 5.30. The number of fused-ring (bicyclic) bond motifs is 2. The number of nitrogens with one attached hydrogen (secondary N) is 2. The maximum absolute atomic E-state index is 12.8. The normalized spacial score (nSPS) is 24.9. The van der Waals surface area contributed by atoms with Gasteiger partial charge in [0, 0.05) is 10.7 Å². The van der Waals surface area contributed by atoms with Crippen molar-refractivity contribution in [2.45, 2.75) is 6.42 Å². The van der Waals surface area contributed by atoms with Crippen molar-refractivity contribution in [3.63, 3.8) is 0 Å². The van der Waals surface area contributed by atoms with Gasteiger partial charge in [-0.05, 0) is 54.0 Å². The van der Waals surface area contributed by atoms with E-state index in [-0.39, 0.29) is 23.7 Å². The Morgan fingerprint density at radius 1 is 1.00 bits per heavy atom. The second kappa shape index (κ2) is 7.41. The second-order valence-corrected chi connectivity index (χ2v) is 8.30. The topological polar surface area (TPSA) is 95.5 Å². The van der Waals surface area contributed by atoms with Gasteiger partial charge < -0.3 is 15.7 Å². The van der Waals surface area contributed by atoms with E-state index < -0.39 is 17.8 Å². The van der Waals surface area contributed by atoms with Crippen LogP contribution in [0.3, 0.4) is 0 Å². The Morgan fingerprint density at radius 2 is 1.68 bits per heavy atom. The van der Waals surface area contributed by atoms with E-state index in [1.807, 2.05) is 12.2 Å². The van der Waals surface area contributed by atoms with Gasteiger partial charge in [-0.2, -0.15) is 0 Å². The first-order chi connectivity index (χ1) is 13.4. The van der Waals surface area contributed by atoms with Crippen LogP contribution in [0.4, 0.5) is 10.7 Å². The van der Waals surface area contributed by atoms with E-state index in [0.29, 0.717) is 27.7 Å². The van der Waals surface area contributed by atoms with Gasteiger partial charge in [0.2, 0.25) is 5.91 Å². The Bertz CT molecular complexity index is 969. The minimum absolute atomic E-state index is 0.0718. The molecule has 4 atom stereocenters. The zero-order valence-electron chi connectivity index (χ0n) is 14.6. The highest BCUT2D eigenvalue weighted by atomic mass is 35.5. The summed E-state index contributed by atoms with van der Waals surface area (Å²) in [5.41, 5.74) is 0.918. The number of aliphatic carboxylic acids is 1. The first kappa shape index (κ1) is 18.7. The van der Waals surface area contributed by atoms with Gasteiger partial charge in [0.15, 0.2) is 0 Å². The molecular weight excluding hydrogens is 400 g/mol. The molecule has 2 aliphatic carbocycles. The van der Waals surface area contributed by atoms with Crippen molar-refractivity contribution in [1.82, 2.24) is 0 Å². The van der Waals surface area contributed by atoms with E-state index in [2.05, 4.69) is 10.6 Å². The van der Waals surface area contributed by atoms with E-state index >= 15 is 0 Å². The number of halogens is 1. The summed E-state index contributed by atoms with van der Waals surface area (Å²) in [6.07, 6.45) is 4.50. The van der Waals surface area contributed by atoms with Crippen LogP contribution in [0, 0.1) is 23.7 Å². The molecule has 1 heterocycles. The summed E-state index contributed by atoms with van der Waals surface area (Å²) in [4.78, 5) is 37.1. The molecule has 2 aliphatic rings. The third kappa shape index (κ3) is 3.43. The Labute approximate surface area is 170 Å². The highest BCUT2D eigenvalue weighted by Crippen LogP contribution is 2.48. The van der Waals surface area contributed by atoms with Gasteiger partial charge in [-0.15, -0.1) is 11.3 Å². The number of anilines is 2. The van der Waals surface area contributed by atoms with Gasteiger partial charge >= 0.3 is 5.97 Å². The van der Waals surface area contributed by atoms with Gasteiger partial charge in [-0.1, -0.05) is 23.8 Å². The van der Waals surface area contributed by atoms with Gasteiger partial charge in [-0.25, -0.2) is 0 Å². The Balaban J connectivity index is 1.49. The maximum Gasteiger partial charge on any atom is 0.307 e. The van der Waals surface area contributed by atoms with E-state index in [4.69, 9.17) is 11.6 Å². The predicted molar refractivity (Wildman–Crippen MR) is 108 cm³/mol. The summed E-state index contributed by atoms with van der Waals surface area (Å²) in [7, 11) is 0. The van der Waals surface area contributed by atoms with Gasteiger partial charge in [0.25, 0.3) is 5.91 Å². The lowest BCUT2D eigenvalue weighted by atomic mass is 9.82. The average Bonchev–Trinajstić information content (AvgIpc) is 3.38. The molecule has 3 N–H and O–H groups in total. The summed E-state index contributed by atoms with van der Waals surface area (Å²) in [6, 6.07) is 8.33. The summed E-state index contributed by atoms with van der Waals surface area (Å²) < 4.78 is 0. The molecule has 1 saturated carbocycles. The van der Waals surface area contributed by atoms with E-state index in [1.165, 1.54) is 11.3 Å². The van der Waals surface area contributed by atoms with Crippen LogP contribution in [0.15, 0.2) is 47.9 Å². The molecule has 4 rings (SSSR count). The minimum Gasteiger partial charge on any atom is -0.481 e. The van der Waals surface area contributed by atoms with E-state index in [0.717, 1.165) is 0 Å². The highest BCUT2D eigenvalue weighted by molar-refractivity contribution is 7.14. The Morgan fingerprint density at radius 3 is 2.36 bits per heavy atom.